The van der Waals surface area contributed by atoms with Crippen LogP contribution in [0.25, 0.3) is 0 Å². The number of rotatable bonds is 19. The van der Waals surface area contributed by atoms with Crippen LogP contribution in [0.1, 0.15) is 148 Å². The van der Waals surface area contributed by atoms with Crippen molar-refractivity contribution in [3.8, 4) is 0 Å². The number of Topliss-reactive ketones (excluding diaryl/α,β-unsaturated/α-hetero) is 1. The van der Waals surface area contributed by atoms with E-state index in [1.54, 1.807) is 41.7 Å². The predicted octanol–water partition coefficient (Wildman–Crippen LogP) is 5.28. The number of sulfonamides is 2. The zero-order chi connectivity index (χ0) is 57.1. The van der Waals surface area contributed by atoms with E-state index in [0.717, 1.165) is 54.0 Å². The summed E-state index contributed by atoms with van der Waals surface area (Å²) >= 11 is 0. The minimum absolute atomic E-state index is 0.0522. The molecule has 7 rings (SSSR count). The lowest BCUT2D eigenvalue weighted by Crippen LogP contribution is -2.58. The normalized spacial score (nSPS) is 24.1. The van der Waals surface area contributed by atoms with Gasteiger partial charge >= 0.3 is 0 Å². The van der Waals surface area contributed by atoms with Crippen LogP contribution in [0.5, 0.6) is 0 Å². The number of likely N-dealkylation sites (tertiary alicyclic amines) is 1. The summed E-state index contributed by atoms with van der Waals surface area (Å²) in [5.74, 6) is -4.93. The molecule has 3 aromatic rings. The molecule has 1 saturated heterocycles. The molecule has 0 spiro atoms. The van der Waals surface area contributed by atoms with Crippen molar-refractivity contribution in [2.45, 2.75) is 185 Å². The summed E-state index contributed by atoms with van der Waals surface area (Å²) in [7, 11) is -7.43. The van der Waals surface area contributed by atoms with Crippen molar-refractivity contribution >= 4 is 55.4 Å². The quantitative estimate of drug-likeness (QED) is 0.0813. The third-order valence-corrected chi connectivity index (χ3v) is 19.4. The molecule has 1 saturated carbocycles. The van der Waals surface area contributed by atoms with Gasteiger partial charge < -0.3 is 31.5 Å². The number of nitrogens with one attached hydrogen (secondary N) is 7. The van der Waals surface area contributed by atoms with Gasteiger partial charge in [0.2, 0.25) is 49.6 Å². The fourth-order valence-corrected chi connectivity index (χ4v) is 14.2. The Bertz CT molecular complexity index is 2760. The molecule has 4 aliphatic rings. The van der Waals surface area contributed by atoms with Gasteiger partial charge in [0.1, 0.15) is 12.1 Å². The van der Waals surface area contributed by atoms with E-state index in [9.17, 15) is 45.6 Å². The van der Waals surface area contributed by atoms with Crippen molar-refractivity contribution in [2.75, 3.05) is 13.6 Å². The van der Waals surface area contributed by atoms with Crippen LogP contribution in [-0.4, -0.2) is 107 Å². The molecule has 0 radical (unpaired) electrons. The molecule has 0 bridgehead atoms. The summed E-state index contributed by atoms with van der Waals surface area (Å²) in [4.78, 5) is 85.6. The van der Waals surface area contributed by atoms with Crippen LogP contribution in [0.3, 0.4) is 0 Å². The van der Waals surface area contributed by atoms with Crippen molar-refractivity contribution < 1.29 is 45.6 Å². The molecule has 2 fully saturated rings. The smallest absolute Gasteiger partial charge is 0.246 e. The Morgan fingerprint density at radius 2 is 1.13 bits per heavy atom. The maximum Gasteiger partial charge on any atom is 0.246 e. The molecular weight excluding hydrogens is 1030 g/mol. The Morgan fingerprint density at radius 3 is 1.65 bits per heavy atom. The molecule has 3 aliphatic carbocycles. The third kappa shape index (κ3) is 13.9. The van der Waals surface area contributed by atoms with Gasteiger partial charge in [-0.05, 0) is 129 Å². The maximum atomic E-state index is 14.8. The van der Waals surface area contributed by atoms with Crippen LogP contribution in [0.15, 0.2) is 82.6 Å². The van der Waals surface area contributed by atoms with Crippen LogP contribution in [0.2, 0.25) is 0 Å². The highest BCUT2D eigenvalue weighted by Gasteiger charge is 2.50. The van der Waals surface area contributed by atoms with Crippen molar-refractivity contribution in [3.05, 3.63) is 95.1 Å². The topological polar surface area (TPSA) is 258 Å². The van der Waals surface area contributed by atoms with Crippen molar-refractivity contribution in [2.24, 2.45) is 28.6 Å². The Labute approximate surface area is 461 Å². The number of aryl methyl sites for hydroxylation is 2. The molecule has 78 heavy (non-hydrogen) atoms. The summed E-state index contributed by atoms with van der Waals surface area (Å²) in [5, 5.41) is 15.0. The van der Waals surface area contributed by atoms with Crippen molar-refractivity contribution in [1.82, 2.24) is 40.9 Å². The molecular formula is C58H82N8O10S2. The first-order valence-corrected chi connectivity index (χ1v) is 30.6. The minimum Gasteiger partial charge on any atom is -0.349 e. The molecule has 426 valence electrons. The van der Waals surface area contributed by atoms with E-state index in [1.165, 1.54) is 23.1 Å². The Balaban J connectivity index is 1.13. The van der Waals surface area contributed by atoms with Gasteiger partial charge in [0, 0.05) is 36.4 Å². The van der Waals surface area contributed by atoms with Gasteiger partial charge in [-0.15, -0.1) is 0 Å². The van der Waals surface area contributed by atoms with E-state index >= 15 is 0 Å². The molecule has 1 unspecified atom stereocenters. The van der Waals surface area contributed by atoms with Crippen LogP contribution in [0, 0.1) is 28.6 Å². The minimum atomic E-state index is -4.54. The number of hydrogen-bond acceptors (Lipinski definition) is 11. The second kappa shape index (κ2) is 24.4. The highest BCUT2D eigenvalue weighted by Crippen LogP contribution is 2.39. The number of amides is 5. The van der Waals surface area contributed by atoms with E-state index in [1.807, 2.05) is 76.2 Å². The van der Waals surface area contributed by atoms with E-state index in [2.05, 4.69) is 36.0 Å². The molecule has 5 amide bonds. The molecule has 20 heteroatoms. The number of carbonyl (C=O) groups excluding carboxylic acids is 6. The van der Waals surface area contributed by atoms with Crippen molar-refractivity contribution in [3.63, 3.8) is 0 Å². The lowest BCUT2D eigenvalue weighted by atomic mass is 9.77. The van der Waals surface area contributed by atoms with Crippen molar-refractivity contribution in [1.29, 1.82) is 0 Å². The molecule has 1 heterocycles. The Morgan fingerprint density at radius 1 is 0.628 bits per heavy atom. The lowest BCUT2D eigenvalue weighted by Gasteiger charge is -2.36. The third-order valence-electron chi connectivity index (χ3n) is 16.3. The van der Waals surface area contributed by atoms with Crippen LogP contribution in [-0.2, 0) is 61.7 Å². The highest BCUT2D eigenvalue weighted by atomic mass is 32.2. The number of fused-ring (bicyclic) bond motifs is 2. The number of benzene rings is 3. The molecule has 0 aromatic heterocycles. The van der Waals surface area contributed by atoms with Crippen LogP contribution >= 0.6 is 0 Å². The fraction of sp³-hybridized carbons (Fsp3) is 0.586. The zero-order valence-corrected chi connectivity index (χ0v) is 48.5. The summed E-state index contributed by atoms with van der Waals surface area (Å²) in [5.41, 5.74) is 2.61. The van der Waals surface area contributed by atoms with Crippen LogP contribution < -0.4 is 36.0 Å². The summed E-state index contributed by atoms with van der Waals surface area (Å²) in [6.45, 7) is 15.9. The van der Waals surface area contributed by atoms with Gasteiger partial charge in [-0.25, -0.2) is 26.3 Å². The largest absolute Gasteiger partial charge is 0.349 e. The van der Waals surface area contributed by atoms with Gasteiger partial charge in [-0.3, -0.25) is 28.8 Å². The second-order valence-corrected chi connectivity index (χ2v) is 27.6. The van der Waals surface area contributed by atoms with E-state index in [0.29, 0.717) is 19.3 Å². The average Bonchev–Trinajstić information content (AvgIpc) is 4.18. The average molecular weight is 1120 g/mol. The first-order chi connectivity index (χ1) is 36.6. The first-order valence-electron chi connectivity index (χ1n) is 27.7. The van der Waals surface area contributed by atoms with E-state index in [4.69, 9.17) is 0 Å². The number of likely N-dealkylation sites (N-methyl/N-ethyl adjacent to an activating group) is 1. The van der Waals surface area contributed by atoms with Crippen LogP contribution in [0.4, 0.5) is 0 Å². The molecule has 7 N–H and O–H groups in total. The monoisotopic (exact) mass is 1110 g/mol. The molecule has 1 aliphatic heterocycles. The van der Waals surface area contributed by atoms with E-state index in [-0.39, 0.29) is 48.7 Å². The van der Waals surface area contributed by atoms with E-state index < -0.39 is 119 Å². The lowest BCUT2D eigenvalue weighted by molar-refractivity contribution is -0.144. The number of nitrogens with zero attached hydrogens (tertiary/aromatic N) is 1. The van der Waals surface area contributed by atoms with Gasteiger partial charge in [-0.1, -0.05) is 110 Å². The predicted molar refractivity (Wildman–Crippen MR) is 297 cm³/mol. The summed E-state index contributed by atoms with van der Waals surface area (Å²) in [6, 6.07) is 14.1. The number of ketones is 1. The fourth-order valence-electron chi connectivity index (χ4n) is 11.5. The SMILES string of the molecule is CC[C@@H](C)C(=O)N[C@H](C(=O)N1C[C@@H](NS(=O)(=O)c2cccc(S(=O)(=O)N[C@@H]3CC(C(=O)[C@@H](NC(=O)[C@H](C)NC)C(C)(C)C)[C@H](C(=O)N[C@@H]4CCCc5ccccc54)C3)c2)C[C@H]1C(=O)N[C@@H]1CCCc2ccccc21)C(C)(C)C. The maximum absolute atomic E-state index is 14.8. The van der Waals surface area contributed by atoms with Gasteiger partial charge in [0.25, 0.3) is 0 Å². The zero-order valence-electron chi connectivity index (χ0n) is 46.9. The molecule has 11 atom stereocenters. The number of hydrogen-bond donors (Lipinski definition) is 7. The van der Waals surface area contributed by atoms with Gasteiger partial charge in [-0.2, -0.15) is 0 Å². The number of carbonyl (C=O) groups is 6. The first kappa shape index (κ1) is 60.1. The molecule has 18 nitrogen and oxygen atoms in total. The highest BCUT2D eigenvalue weighted by molar-refractivity contribution is 7.90. The van der Waals surface area contributed by atoms with Gasteiger partial charge in [0.05, 0.1) is 34.0 Å². The summed E-state index contributed by atoms with van der Waals surface area (Å²) < 4.78 is 63.1. The second-order valence-electron chi connectivity index (χ2n) is 24.2. The van der Waals surface area contributed by atoms with Gasteiger partial charge in [0.15, 0.2) is 5.78 Å². The summed E-state index contributed by atoms with van der Waals surface area (Å²) in [6.07, 6.45) is 5.04. The Hall–Kier alpha value is -5.54. The molecule has 3 aromatic carbocycles. The standard InChI is InChI=1S/C58H82N8O10S2/c1-11-34(2)52(68)63-51(58(7,8)9)56(72)66-33-39(31-48(66)55(71)61-47-28-17-22-37-20-13-15-26-43(37)47)65-78(75,76)41-24-18-23-40(32-41)77(73,74)64-38-29-44(49(67)50(57(4,5)6)62-53(69)35(3)59-10)45(30-38)54(70)60-46-27-16-21-36-19-12-14-25-42(36)46/h12-15,18-20,23-26,32,34-35,38-39,44-48,50-51,59,64-65H,11,16-17,21-22,27-31,33H2,1-10H3,(H,60,70)(H,61,71)(H,62,69)(H,63,68)/t34-,35+,38-,39+,44?,45-,46-,47-,48+,50-,51-/m1/s1. The Kier molecular flexibility index (Phi) is 18.8.